The molecule has 3 aromatic rings. The van der Waals surface area contributed by atoms with Crippen LogP contribution < -0.4 is 10.1 Å². The number of thiazole rings is 1. The zero-order valence-electron chi connectivity index (χ0n) is 15.0. The lowest BCUT2D eigenvalue weighted by Gasteiger charge is -2.09. The maximum absolute atomic E-state index is 13.8. The summed E-state index contributed by atoms with van der Waals surface area (Å²) in [5, 5.41) is 5.29. The molecule has 0 saturated carbocycles. The third-order valence-corrected chi connectivity index (χ3v) is 4.89. The first-order valence-electron chi connectivity index (χ1n) is 8.52. The fourth-order valence-corrected chi connectivity index (χ4v) is 3.48. The first-order chi connectivity index (χ1) is 13.4. The van der Waals surface area contributed by atoms with Crippen molar-refractivity contribution < 1.29 is 18.3 Å². The first kappa shape index (κ1) is 20.2. The Kier molecular flexibility index (Phi) is 6.59. The molecule has 0 radical (unpaired) electrons. The number of hydrogen-bond acceptors (Lipinski definition) is 4. The highest BCUT2D eigenvalue weighted by atomic mass is 35.5. The molecule has 0 fully saturated rings. The van der Waals surface area contributed by atoms with E-state index in [1.54, 1.807) is 17.5 Å². The van der Waals surface area contributed by atoms with Crippen molar-refractivity contribution >= 4 is 34.0 Å². The van der Waals surface area contributed by atoms with E-state index in [9.17, 15) is 13.6 Å². The summed E-state index contributed by atoms with van der Waals surface area (Å²) in [7, 11) is 0. The molecule has 0 bridgehead atoms. The average Bonchev–Trinajstić information content (AvgIpc) is 3.08. The monoisotopic (exact) mass is 422 g/mol. The van der Waals surface area contributed by atoms with Crippen LogP contribution >= 0.6 is 22.9 Å². The second-order valence-corrected chi connectivity index (χ2v) is 7.37. The van der Waals surface area contributed by atoms with Gasteiger partial charge in [-0.25, -0.2) is 13.8 Å². The van der Waals surface area contributed by atoms with E-state index in [1.807, 2.05) is 13.0 Å². The van der Waals surface area contributed by atoms with Crippen molar-refractivity contribution in [2.24, 2.45) is 0 Å². The highest BCUT2D eigenvalue weighted by Gasteiger charge is 2.12. The van der Waals surface area contributed by atoms with E-state index in [1.165, 1.54) is 23.5 Å². The fraction of sp³-hybridized carbons (Fsp3) is 0.200. The van der Waals surface area contributed by atoms with Gasteiger partial charge in [0.25, 0.3) is 0 Å². The molecule has 0 aliphatic carbocycles. The van der Waals surface area contributed by atoms with Crippen molar-refractivity contribution in [3.63, 3.8) is 0 Å². The first-order valence-corrected chi connectivity index (χ1v) is 9.78. The minimum Gasteiger partial charge on any atom is -0.493 e. The zero-order chi connectivity index (χ0) is 20.1. The Morgan fingerprint density at radius 2 is 2.07 bits per heavy atom. The fourth-order valence-electron chi connectivity index (χ4n) is 2.52. The van der Waals surface area contributed by atoms with Gasteiger partial charge < -0.3 is 10.1 Å². The Labute approximate surface area is 170 Å². The highest BCUT2D eigenvalue weighted by molar-refractivity contribution is 7.14. The van der Waals surface area contributed by atoms with Crippen LogP contribution in [0, 0.1) is 18.6 Å². The van der Waals surface area contributed by atoms with Crippen molar-refractivity contribution in [1.82, 2.24) is 4.98 Å². The molecule has 2 aromatic carbocycles. The molecule has 28 heavy (non-hydrogen) atoms. The van der Waals surface area contributed by atoms with Gasteiger partial charge in [-0.15, -0.1) is 11.3 Å². The smallest absolute Gasteiger partial charge is 0.226 e. The van der Waals surface area contributed by atoms with Gasteiger partial charge in [-0.1, -0.05) is 11.6 Å². The van der Waals surface area contributed by atoms with E-state index in [0.29, 0.717) is 28.9 Å². The molecule has 1 amide bonds. The summed E-state index contributed by atoms with van der Waals surface area (Å²) in [4.78, 5) is 16.2. The van der Waals surface area contributed by atoms with Gasteiger partial charge in [-0.2, -0.15) is 0 Å². The molecule has 1 N–H and O–H groups in total. The van der Waals surface area contributed by atoms with Crippen LogP contribution in [0.25, 0.3) is 11.3 Å². The zero-order valence-corrected chi connectivity index (χ0v) is 16.5. The Hall–Kier alpha value is -2.51. The summed E-state index contributed by atoms with van der Waals surface area (Å²) in [6, 6.07) is 8.65. The van der Waals surface area contributed by atoms with Gasteiger partial charge in [0.05, 0.1) is 12.3 Å². The van der Waals surface area contributed by atoms with Crippen LogP contribution in [0.2, 0.25) is 5.02 Å². The number of carbonyl (C=O) groups is 1. The number of rotatable bonds is 7. The summed E-state index contributed by atoms with van der Waals surface area (Å²) in [5.41, 5.74) is 1.46. The molecule has 8 heteroatoms. The van der Waals surface area contributed by atoms with Crippen LogP contribution in [0.15, 0.2) is 41.8 Å². The van der Waals surface area contributed by atoms with Gasteiger partial charge in [0.1, 0.15) is 17.4 Å². The summed E-state index contributed by atoms with van der Waals surface area (Å²) in [6.45, 7) is 2.29. The van der Waals surface area contributed by atoms with Crippen LogP contribution in [0.3, 0.4) is 0 Å². The summed E-state index contributed by atoms with van der Waals surface area (Å²) in [6.07, 6.45) is 0.783. The number of nitrogens with zero attached hydrogens (tertiary/aromatic N) is 1. The van der Waals surface area contributed by atoms with Crippen molar-refractivity contribution in [3.8, 4) is 17.0 Å². The van der Waals surface area contributed by atoms with Crippen LogP contribution in [0.4, 0.5) is 13.9 Å². The molecule has 0 aliphatic heterocycles. The quantitative estimate of drug-likeness (QED) is 0.486. The van der Waals surface area contributed by atoms with Crippen molar-refractivity contribution in [2.75, 3.05) is 11.9 Å². The van der Waals surface area contributed by atoms with Crippen LogP contribution in [-0.4, -0.2) is 17.5 Å². The number of anilines is 1. The molecule has 1 heterocycles. The van der Waals surface area contributed by atoms with E-state index >= 15 is 0 Å². The van der Waals surface area contributed by atoms with E-state index in [-0.39, 0.29) is 17.9 Å². The number of ether oxygens (including phenoxy) is 1. The second kappa shape index (κ2) is 9.12. The molecule has 0 saturated heterocycles. The van der Waals surface area contributed by atoms with Gasteiger partial charge in [0, 0.05) is 28.5 Å². The van der Waals surface area contributed by atoms with Crippen molar-refractivity contribution in [2.45, 2.75) is 19.8 Å². The van der Waals surface area contributed by atoms with Crippen LogP contribution in [0.5, 0.6) is 5.75 Å². The summed E-state index contributed by atoms with van der Waals surface area (Å²) >= 11 is 7.08. The van der Waals surface area contributed by atoms with Gasteiger partial charge in [-0.3, -0.25) is 4.79 Å². The molecule has 4 nitrogen and oxygen atoms in total. The molecule has 0 spiro atoms. The molecular formula is C20H17ClF2N2O2S. The number of benzene rings is 2. The summed E-state index contributed by atoms with van der Waals surface area (Å²) < 4.78 is 32.5. The molecule has 146 valence electrons. The number of aromatic nitrogens is 1. The third-order valence-electron chi connectivity index (χ3n) is 3.90. The SMILES string of the molecule is Cc1cc(Cl)ccc1OCCCC(=O)Nc1nc(-c2ccc(F)cc2F)cs1. The second-order valence-electron chi connectivity index (χ2n) is 6.07. The largest absolute Gasteiger partial charge is 0.493 e. The number of aryl methyl sites for hydroxylation is 1. The lowest BCUT2D eigenvalue weighted by atomic mass is 10.1. The maximum atomic E-state index is 13.8. The molecule has 0 atom stereocenters. The standard InChI is InChI=1S/C20H17ClF2N2O2S/c1-12-9-13(21)4-7-18(12)27-8-2-3-19(26)25-20-24-17(11-28-20)15-6-5-14(22)10-16(15)23/h4-7,9-11H,2-3,8H2,1H3,(H,24,25,26). The van der Waals surface area contributed by atoms with Crippen molar-refractivity contribution in [1.29, 1.82) is 0 Å². The summed E-state index contributed by atoms with van der Waals surface area (Å²) in [5.74, 6) is -0.827. The lowest BCUT2D eigenvalue weighted by Crippen LogP contribution is -2.12. The Balaban J connectivity index is 1.48. The topological polar surface area (TPSA) is 51.2 Å². The number of nitrogens with one attached hydrogen (secondary N) is 1. The predicted molar refractivity (Wildman–Crippen MR) is 107 cm³/mol. The molecule has 0 unspecified atom stereocenters. The maximum Gasteiger partial charge on any atom is 0.226 e. The Morgan fingerprint density at radius 3 is 2.82 bits per heavy atom. The molecular weight excluding hydrogens is 406 g/mol. The van der Waals surface area contributed by atoms with Gasteiger partial charge in [0.2, 0.25) is 5.91 Å². The molecule has 3 rings (SSSR count). The van der Waals surface area contributed by atoms with Gasteiger partial charge in [-0.05, 0) is 49.2 Å². The van der Waals surface area contributed by atoms with E-state index in [0.717, 1.165) is 17.4 Å². The van der Waals surface area contributed by atoms with Crippen LogP contribution in [-0.2, 0) is 4.79 Å². The average molecular weight is 423 g/mol. The minimum absolute atomic E-state index is 0.185. The van der Waals surface area contributed by atoms with E-state index in [2.05, 4.69) is 10.3 Å². The van der Waals surface area contributed by atoms with Crippen LogP contribution in [0.1, 0.15) is 18.4 Å². The highest BCUT2D eigenvalue weighted by Crippen LogP contribution is 2.27. The third kappa shape index (κ3) is 5.27. The van der Waals surface area contributed by atoms with Crippen molar-refractivity contribution in [3.05, 3.63) is 64.0 Å². The molecule has 1 aromatic heterocycles. The number of halogens is 3. The Bertz CT molecular complexity index is 994. The molecule has 0 aliphatic rings. The van der Waals surface area contributed by atoms with E-state index < -0.39 is 11.6 Å². The number of hydrogen-bond donors (Lipinski definition) is 1. The normalized spacial score (nSPS) is 10.7. The number of carbonyl (C=O) groups excluding carboxylic acids is 1. The minimum atomic E-state index is -0.696. The predicted octanol–water partition coefficient (Wildman–Crippen LogP) is 5.85. The lowest BCUT2D eigenvalue weighted by molar-refractivity contribution is -0.116. The van der Waals surface area contributed by atoms with Gasteiger partial charge >= 0.3 is 0 Å². The van der Waals surface area contributed by atoms with Gasteiger partial charge in [0.15, 0.2) is 5.13 Å². The van der Waals surface area contributed by atoms with E-state index in [4.69, 9.17) is 16.3 Å². The number of amides is 1. The Morgan fingerprint density at radius 1 is 1.25 bits per heavy atom.